The van der Waals surface area contributed by atoms with Gasteiger partial charge in [0, 0.05) is 19.5 Å². The van der Waals surface area contributed by atoms with Crippen molar-refractivity contribution < 1.29 is 4.74 Å². The first-order valence-corrected chi connectivity index (χ1v) is 5.74. The molecule has 1 aliphatic rings. The molecular formula is C14H21NO. The van der Waals surface area contributed by atoms with Crippen molar-refractivity contribution in [2.75, 3.05) is 26.7 Å². The maximum Gasteiger partial charge on any atom is 0.106 e. The first-order valence-electron chi connectivity index (χ1n) is 5.74. The molecule has 0 aromatic heterocycles. The summed E-state index contributed by atoms with van der Waals surface area (Å²) in [5.41, 5.74) is 0. The third-order valence-corrected chi connectivity index (χ3v) is 2.36. The van der Waals surface area contributed by atoms with Crippen molar-refractivity contribution in [3.8, 4) is 0 Å². The Morgan fingerprint density at radius 3 is 2.94 bits per heavy atom. The molecule has 0 aromatic carbocycles. The standard InChI is InChI=1S/C14H21NO/c1-3-11-15(2)12-7-8-13-16-14-9-5-4-6-10-14/h3-5,7-8,10H,1,6,9,11-13H2,2H3. The van der Waals surface area contributed by atoms with Crippen LogP contribution in [0.4, 0.5) is 0 Å². The van der Waals surface area contributed by atoms with Crippen LogP contribution < -0.4 is 0 Å². The Balaban J connectivity index is 2.08. The second kappa shape index (κ2) is 7.94. The smallest absolute Gasteiger partial charge is 0.106 e. The molecule has 0 heterocycles. The average molecular weight is 219 g/mol. The molecule has 0 atom stereocenters. The van der Waals surface area contributed by atoms with E-state index in [-0.39, 0.29) is 0 Å². The second-order valence-electron chi connectivity index (χ2n) is 3.87. The van der Waals surface area contributed by atoms with Crippen molar-refractivity contribution in [1.82, 2.24) is 4.90 Å². The molecule has 0 aliphatic heterocycles. The van der Waals surface area contributed by atoms with Gasteiger partial charge >= 0.3 is 0 Å². The van der Waals surface area contributed by atoms with Gasteiger partial charge in [0.2, 0.25) is 0 Å². The summed E-state index contributed by atoms with van der Waals surface area (Å²) in [6.07, 6.45) is 14.5. The first kappa shape index (κ1) is 12.8. The number of likely N-dealkylation sites (N-methyl/N-ethyl adjacent to an activating group) is 1. The molecule has 0 spiro atoms. The van der Waals surface area contributed by atoms with E-state index in [1.807, 2.05) is 6.08 Å². The summed E-state index contributed by atoms with van der Waals surface area (Å²) in [5.74, 6) is 1.09. The van der Waals surface area contributed by atoms with E-state index in [0.29, 0.717) is 6.61 Å². The van der Waals surface area contributed by atoms with Gasteiger partial charge in [0.1, 0.15) is 6.61 Å². The number of hydrogen-bond donors (Lipinski definition) is 0. The zero-order chi connectivity index (χ0) is 11.6. The largest absolute Gasteiger partial charge is 0.494 e. The van der Waals surface area contributed by atoms with Crippen LogP contribution in [0.1, 0.15) is 12.8 Å². The van der Waals surface area contributed by atoms with Crippen LogP contribution >= 0.6 is 0 Å². The van der Waals surface area contributed by atoms with E-state index in [0.717, 1.165) is 31.7 Å². The zero-order valence-electron chi connectivity index (χ0n) is 10.1. The van der Waals surface area contributed by atoms with Crippen LogP contribution in [-0.4, -0.2) is 31.6 Å². The molecule has 0 saturated heterocycles. The second-order valence-corrected chi connectivity index (χ2v) is 3.87. The molecule has 0 amide bonds. The monoisotopic (exact) mass is 219 g/mol. The van der Waals surface area contributed by atoms with Crippen LogP contribution in [0.15, 0.2) is 48.8 Å². The number of rotatable bonds is 7. The van der Waals surface area contributed by atoms with Crippen LogP contribution in [0.3, 0.4) is 0 Å². The minimum absolute atomic E-state index is 0.668. The van der Waals surface area contributed by atoms with Crippen molar-refractivity contribution in [2.24, 2.45) is 0 Å². The van der Waals surface area contributed by atoms with Gasteiger partial charge < -0.3 is 4.74 Å². The summed E-state index contributed by atoms with van der Waals surface area (Å²) in [6, 6.07) is 0. The molecule has 16 heavy (non-hydrogen) atoms. The van der Waals surface area contributed by atoms with Gasteiger partial charge in [0.25, 0.3) is 0 Å². The van der Waals surface area contributed by atoms with Gasteiger partial charge in [-0.05, 0) is 19.5 Å². The molecule has 1 aliphatic carbocycles. The van der Waals surface area contributed by atoms with Gasteiger partial charge in [-0.3, -0.25) is 4.90 Å². The highest BCUT2D eigenvalue weighted by atomic mass is 16.5. The molecule has 0 fully saturated rings. The predicted molar refractivity (Wildman–Crippen MR) is 69.2 cm³/mol. The fraction of sp³-hybridized carbons (Fsp3) is 0.429. The summed E-state index contributed by atoms with van der Waals surface area (Å²) in [6.45, 7) is 6.23. The fourth-order valence-corrected chi connectivity index (χ4v) is 1.47. The Bertz CT molecular complexity index is 289. The average Bonchev–Trinajstić information content (AvgIpc) is 2.30. The lowest BCUT2D eigenvalue weighted by molar-refractivity contribution is 0.239. The molecule has 2 nitrogen and oxygen atoms in total. The molecular weight excluding hydrogens is 198 g/mol. The quantitative estimate of drug-likeness (QED) is 0.610. The van der Waals surface area contributed by atoms with Crippen molar-refractivity contribution in [3.05, 3.63) is 48.8 Å². The molecule has 88 valence electrons. The lowest BCUT2D eigenvalue weighted by Gasteiger charge is -2.11. The molecule has 0 saturated carbocycles. The number of allylic oxidation sites excluding steroid dienone is 3. The van der Waals surface area contributed by atoms with E-state index in [2.05, 4.69) is 48.9 Å². The predicted octanol–water partition coefficient (Wildman–Crippen LogP) is 2.91. The number of hydrogen-bond acceptors (Lipinski definition) is 2. The summed E-state index contributed by atoms with van der Waals surface area (Å²) >= 11 is 0. The van der Waals surface area contributed by atoms with Gasteiger partial charge in [-0.15, -0.1) is 6.58 Å². The minimum Gasteiger partial charge on any atom is -0.494 e. The molecule has 1 rings (SSSR count). The fourth-order valence-electron chi connectivity index (χ4n) is 1.47. The van der Waals surface area contributed by atoms with E-state index in [1.54, 1.807) is 0 Å². The van der Waals surface area contributed by atoms with Crippen LogP contribution in [0.2, 0.25) is 0 Å². The van der Waals surface area contributed by atoms with Crippen molar-refractivity contribution in [3.63, 3.8) is 0 Å². The Kier molecular flexibility index (Phi) is 6.35. The normalized spacial score (nSPS) is 15.5. The zero-order valence-corrected chi connectivity index (χ0v) is 10.1. The SMILES string of the molecule is C=CCN(C)CC=CCOC1=CCC=CC1. The van der Waals surface area contributed by atoms with Gasteiger partial charge in [0.05, 0.1) is 5.76 Å². The highest BCUT2D eigenvalue weighted by Gasteiger charge is 1.97. The van der Waals surface area contributed by atoms with E-state index < -0.39 is 0 Å². The molecule has 0 bridgehead atoms. The Morgan fingerprint density at radius 1 is 1.38 bits per heavy atom. The van der Waals surface area contributed by atoms with E-state index in [1.165, 1.54) is 0 Å². The molecule has 2 heteroatoms. The van der Waals surface area contributed by atoms with E-state index >= 15 is 0 Å². The highest BCUT2D eigenvalue weighted by Crippen LogP contribution is 2.11. The molecule has 0 radical (unpaired) electrons. The third kappa shape index (κ3) is 5.56. The minimum atomic E-state index is 0.668. The Labute approximate surface area is 98.6 Å². The molecule has 0 unspecified atom stereocenters. The van der Waals surface area contributed by atoms with Crippen LogP contribution in [0.25, 0.3) is 0 Å². The summed E-state index contributed by atoms with van der Waals surface area (Å²) in [4.78, 5) is 2.19. The number of ether oxygens (including phenoxy) is 1. The summed E-state index contributed by atoms with van der Waals surface area (Å²) in [5, 5.41) is 0. The van der Waals surface area contributed by atoms with Crippen molar-refractivity contribution in [1.29, 1.82) is 0 Å². The molecule has 0 aromatic rings. The van der Waals surface area contributed by atoms with Crippen LogP contribution in [0, 0.1) is 0 Å². The lowest BCUT2D eigenvalue weighted by atomic mass is 10.2. The Hall–Kier alpha value is -1.28. The number of nitrogens with zero attached hydrogens (tertiary/aromatic N) is 1. The topological polar surface area (TPSA) is 12.5 Å². The molecule has 0 N–H and O–H groups in total. The van der Waals surface area contributed by atoms with Crippen LogP contribution in [-0.2, 0) is 4.74 Å². The van der Waals surface area contributed by atoms with E-state index in [9.17, 15) is 0 Å². The maximum absolute atomic E-state index is 5.61. The van der Waals surface area contributed by atoms with Crippen molar-refractivity contribution >= 4 is 0 Å². The van der Waals surface area contributed by atoms with Gasteiger partial charge in [-0.1, -0.05) is 30.4 Å². The van der Waals surface area contributed by atoms with Gasteiger partial charge in [-0.2, -0.15) is 0 Å². The van der Waals surface area contributed by atoms with Crippen molar-refractivity contribution in [2.45, 2.75) is 12.8 Å². The summed E-state index contributed by atoms with van der Waals surface area (Å²) < 4.78 is 5.61. The van der Waals surface area contributed by atoms with Crippen LogP contribution in [0.5, 0.6) is 0 Å². The van der Waals surface area contributed by atoms with Gasteiger partial charge in [0.15, 0.2) is 0 Å². The highest BCUT2D eigenvalue weighted by molar-refractivity contribution is 5.09. The third-order valence-electron chi connectivity index (χ3n) is 2.36. The Morgan fingerprint density at radius 2 is 2.25 bits per heavy atom. The summed E-state index contributed by atoms with van der Waals surface area (Å²) in [7, 11) is 2.07. The lowest BCUT2D eigenvalue weighted by Crippen LogP contribution is -2.17. The van der Waals surface area contributed by atoms with E-state index in [4.69, 9.17) is 4.74 Å². The first-order chi connectivity index (χ1) is 7.83. The van der Waals surface area contributed by atoms with Gasteiger partial charge in [-0.25, -0.2) is 0 Å². The maximum atomic E-state index is 5.61.